The van der Waals surface area contributed by atoms with Crippen LogP contribution in [0.3, 0.4) is 0 Å². The van der Waals surface area contributed by atoms with Crippen LogP contribution in [0.5, 0.6) is 0 Å². The molecule has 0 aromatic heterocycles. The molecule has 3 aromatic rings. The maximum absolute atomic E-state index is 13.0. The highest BCUT2D eigenvalue weighted by Gasteiger charge is 2.46. The number of aryl methyl sites for hydroxylation is 1. The molecule has 31 heavy (non-hydrogen) atoms. The van der Waals surface area contributed by atoms with Gasteiger partial charge in [-0.3, -0.25) is 24.6 Å². The fraction of sp³-hybridized carbons (Fsp3) is 0.0833. The van der Waals surface area contributed by atoms with Crippen molar-refractivity contribution in [1.82, 2.24) is 0 Å². The van der Waals surface area contributed by atoms with Crippen LogP contribution in [0.4, 0.5) is 11.4 Å². The van der Waals surface area contributed by atoms with E-state index in [9.17, 15) is 24.8 Å². The number of ketones is 1. The van der Waals surface area contributed by atoms with Crippen LogP contribution in [0.15, 0.2) is 84.4 Å². The van der Waals surface area contributed by atoms with Crippen molar-refractivity contribution in [2.75, 3.05) is 4.90 Å². The first-order valence-corrected chi connectivity index (χ1v) is 9.56. The van der Waals surface area contributed by atoms with Gasteiger partial charge in [-0.15, -0.1) is 0 Å². The minimum atomic E-state index is -0.835. The second kappa shape index (κ2) is 7.87. The third kappa shape index (κ3) is 3.57. The molecule has 0 spiro atoms. The number of nitrogens with zero attached hydrogens (tertiary/aromatic N) is 2. The smallest absolute Gasteiger partial charge is 0.300 e. The number of benzene rings is 3. The molecule has 0 aliphatic carbocycles. The van der Waals surface area contributed by atoms with Crippen molar-refractivity contribution < 1.29 is 19.6 Å². The third-order valence-corrected chi connectivity index (χ3v) is 5.19. The maximum atomic E-state index is 13.0. The van der Waals surface area contributed by atoms with Gasteiger partial charge < -0.3 is 5.11 Å². The topological polar surface area (TPSA) is 101 Å². The number of rotatable bonds is 4. The SMILES string of the molecule is Cc1cccc(N2C(=O)C(=O)/C(=C(\O)c3ccc([N+](=O)[O-])cc3)C2c2ccccc2)c1. The molecule has 0 radical (unpaired) electrons. The van der Waals surface area contributed by atoms with Gasteiger partial charge in [-0.1, -0.05) is 42.5 Å². The number of nitro groups is 1. The van der Waals surface area contributed by atoms with E-state index in [1.165, 1.54) is 29.2 Å². The summed E-state index contributed by atoms with van der Waals surface area (Å²) in [6.45, 7) is 1.88. The van der Waals surface area contributed by atoms with Crippen molar-refractivity contribution in [1.29, 1.82) is 0 Å². The zero-order valence-electron chi connectivity index (χ0n) is 16.6. The largest absolute Gasteiger partial charge is 0.507 e. The van der Waals surface area contributed by atoms with Crippen LogP contribution in [-0.4, -0.2) is 21.7 Å². The summed E-state index contributed by atoms with van der Waals surface area (Å²) in [5.74, 6) is -1.94. The van der Waals surface area contributed by atoms with E-state index in [1.54, 1.807) is 42.5 Å². The van der Waals surface area contributed by atoms with Crippen LogP contribution in [0.25, 0.3) is 5.76 Å². The number of hydrogen-bond donors (Lipinski definition) is 1. The number of hydrogen-bond acceptors (Lipinski definition) is 5. The first kappa shape index (κ1) is 20.0. The highest BCUT2D eigenvalue weighted by atomic mass is 16.6. The Morgan fingerprint density at radius 3 is 2.26 bits per heavy atom. The minimum Gasteiger partial charge on any atom is -0.507 e. The summed E-state index contributed by atoms with van der Waals surface area (Å²) in [4.78, 5) is 37.8. The van der Waals surface area contributed by atoms with E-state index in [0.717, 1.165) is 5.56 Å². The van der Waals surface area contributed by atoms with Crippen LogP contribution in [0.1, 0.15) is 22.7 Å². The minimum absolute atomic E-state index is 0.0634. The molecular weight excluding hydrogens is 396 g/mol. The molecule has 1 N–H and O–H groups in total. The number of carbonyl (C=O) groups is 2. The molecule has 7 nitrogen and oxygen atoms in total. The van der Waals surface area contributed by atoms with Crippen LogP contribution < -0.4 is 4.90 Å². The second-order valence-electron chi connectivity index (χ2n) is 7.22. The zero-order chi connectivity index (χ0) is 22.1. The van der Waals surface area contributed by atoms with Gasteiger partial charge in [-0.2, -0.15) is 0 Å². The van der Waals surface area contributed by atoms with Crippen molar-refractivity contribution in [3.63, 3.8) is 0 Å². The van der Waals surface area contributed by atoms with Crippen molar-refractivity contribution in [2.45, 2.75) is 13.0 Å². The molecule has 154 valence electrons. The summed E-state index contributed by atoms with van der Waals surface area (Å²) in [7, 11) is 0. The van der Waals surface area contributed by atoms with Gasteiger partial charge in [0.1, 0.15) is 5.76 Å². The fourth-order valence-electron chi connectivity index (χ4n) is 3.72. The number of amides is 1. The van der Waals surface area contributed by atoms with Gasteiger partial charge in [-0.05, 0) is 42.3 Å². The van der Waals surface area contributed by atoms with E-state index in [1.807, 2.05) is 19.1 Å². The molecule has 1 unspecified atom stereocenters. The standard InChI is InChI=1S/C24H18N2O5/c1-15-6-5-9-19(14-15)25-21(16-7-3-2-4-8-16)20(23(28)24(25)29)22(27)17-10-12-18(13-11-17)26(30)31/h2-14,21,27H,1H3/b22-20-. The van der Waals surface area contributed by atoms with Crippen LogP contribution in [0.2, 0.25) is 0 Å². The maximum Gasteiger partial charge on any atom is 0.300 e. The quantitative estimate of drug-likeness (QED) is 0.222. The van der Waals surface area contributed by atoms with Gasteiger partial charge >= 0.3 is 0 Å². The molecule has 1 fully saturated rings. The number of non-ortho nitro benzene ring substituents is 1. The molecule has 0 bridgehead atoms. The average Bonchev–Trinajstić information content (AvgIpc) is 3.04. The van der Waals surface area contributed by atoms with Gasteiger partial charge in [0.2, 0.25) is 0 Å². The zero-order valence-corrected chi connectivity index (χ0v) is 16.6. The summed E-state index contributed by atoms with van der Waals surface area (Å²) in [6, 6.07) is 20.5. The lowest BCUT2D eigenvalue weighted by molar-refractivity contribution is -0.384. The lowest BCUT2D eigenvalue weighted by Gasteiger charge is -2.25. The predicted molar refractivity (Wildman–Crippen MR) is 116 cm³/mol. The summed E-state index contributed by atoms with van der Waals surface area (Å²) in [5.41, 5.74) is 2.13. The van der Waals surface area contributed by atoms with E-state index < -0.39 is 22.7 Å². The van der Waals surface area contributed by atoms with Crippen molar-refractivity contribution in [3.05, 3.63) is 111 Å². The molecule has 1 saturated heterocycles. The van der Waals surface area contributed by atoms with Crippen LogP contribution >= 0.6 is 0 Å². The van der Waals surface area contributed by atoms with Crippen molar-refractivity contribution >= 4 is 28.8 Å². The Balaban J connectivity index is 1.91. The summed E-state index contributed by atoms with van der Waals surface area (Å²) in [6.07, 6.45) is 0. The van der Waals surface area contributed by atoms with Crippen molar-refractivity contribution in [3.8, 4) is 0 Å². The van der Waals surface area contributed by atoms with E-state index in [2.05, 4.69) is 0 Å². The van der Waals surface area contributed by atoms with Crippen LogP contribution in [0, 0.1) is 17.0 Å². The monoisotopic (exact) mass is 414 g/mol. The lowest BCUT2D eigenvalue weighted by Crippen LogP contribution is -2.29. The lowest BCUT2D eigenvalue weighted by atomic mass is 9.95. The molecule has 1 aliphatic rings. The number of anilines is 1. The van der Waals surface area contributed by atoms with Gasteiger partial charge in [-0.25, -0.2) is 0 Å². The Hall–Kier alpha value is -4.26. The van der Waals surface area contributed by atoms with E-state index >= 15 is 0 Å². The molecular formula is C24H18N2O5. The van der Waals surface area contributed by atoms with Crippen LogP contribution in [-0.2, 0) is 9.59 Å². The molecule has 7 heteroatoms. The summed E-state index contributed by atoms with van der Waals surface area (Å²) >= 11 is 0. The van der Waals surface area contributed by atoms with Gasteiger partial charge in [0.15, 0.2) is 0 Å². The normalized spacial score (nSPS) is 17.7. The molecule has 0 saturated carbocycles. The Morgan fingerprint density at radius 2 is 1.65 bits per heavy atom. The fourth-order valence-corrected chi connectivity index (χ4v) is 3.72. The van der Waals surface area contributed by atoms with E-state index in [0.29, 0.717) is 11.3 Å². The first-order chi connectivity index (χ1) is 14.9. The summed E-state index contributed by atoms with van der Waals surface area (Å²) < 4.78 is 0. The molecule has 3 aromatic carbocycles. The predicted octanol–water partition coefficient (Wildman–Crippen LogP) is 4.53. The second-order valence-corrected chi connectivity index (χ2v) is 7.22. The Kier molecular flexibility index (Phi) is 5.09. The number of carbonyl (C=O) groups excluding carboxylic acids is 2. The first-order valence-electron chi connectivity index (χ1n) is 9.56. The molecule has 1 atom stereocenters. The summed E-state index contributed by atoms with van der Waals surface area (Å²) in [5, 5.41) is 21.9. The number of aliphatic hydroxyl groups excluding tert-OH is 1. The van der Waals surface area contributed by atoms with Gasteiger partial charge in [0.05, 0.1) is 16.5 Å². The van der Waals surface area contributed by atoms with Gasteiger partial charge in [0, 0.05) is 23.4 Å². The number of aliphatic hydroxyl groups is 1. The molecule has 1 amide bonds. The van der Waals surface area contributed by atoms with E-state index in [4.69, 9.17) is 0 Å². The highest BCUT2D eigenvalue weighted by molar-refractivity contribution is 6.51. The Labute approximate surface area is 178 Å². The average molecular weight is 414 g/mol. The molecule has 1 heterocycles. The van der Waals surface area contributed by atoms with Crippen molar-refractivity contribution in [2.24, 2.45) is 0 Å². The Bertz CT molecular complexity index is 1220. The number of nitro benzene ring substituents is 1. The molecule has 1 aliphatic heterocycles. The molecule has 4 rings (SSSR count). The van der Waals surface area contributed by atoms with Gasteiger partial charge in [0.25, 0.3) is 17.4 Å². The highest BCUT2D eigenvalue weighted by Crippen LogP contribution is 2.42. The number of Topliss-reactive ketones (excluding diaryl/α,β-unsaturated/α-hetero) is 1. The third-order valence-electron chi connectivity index (χ3n) is 5.19. The Morgan fingerprint density at radius 1 is 0.968 bits per heavy atom. The van der Waals surface area contributed by atoms with E-state index in [-0.39, 0.29) is 22.6 Å².